The van der Waals surface area contributed by atoms with E-state index in [4.69, 9.17) is 0 Å². The molecule has 6 heteroatoms. The van der Waals surface area contributed by atoms with E-state index in [1.54, 1.807) is 16.7 Å². The molecule has 3 rings (SSSR count). The largest absolute Gasteiger partial charge is 0.388 e. The van der Waals surface area contributed by atoms with Gasteiger partial charge in [0.1, 0.15) is 6.04 Å². The Kier molecular flexibility index (Phi) is 3.49. The van der Waals surface area contributed by atoms with Gasteiger partial charge in [-0.25, -0.2) is 0 Å². The van der Waals surface area contributed by atoms with Gasteiger partial charge in [0.25, 0.3) is 0 Å². The molecule has 2 N–H and O–H groups in total. The first-order chi connectivity index (χ1) is 9.44. The van der Waals surface area contributed by atoms with E-state index >= 15 is 0 Å². The summed E-state index contributed by atoms with van der Waals surface area (Å²) in [6.07, 6.45) is 4.92. The van der Waals surface area contributed by atoms with Crippen LogP contribution in [0.25, 0.3) is 0 Å². The monoisotopic (exact) mass is 298 g/mol. The molecule has 3 fully saturated rings. The molecule has 2 amide bonds. The summed E-state index contributed by atoms with van der Waals surface area (Å²) in [5, 5.41) is 13.1. The summed E-state index contributed by atoms with van der Waals surface area (Å²) in [4.78, 5) is 25.9. The number of carbonyl (C=O) groups excluding carboxylic acids is 2. The highest BCUT2D eigenvalue weighted by Gasteiger charge is 2.53. The van der Waals surface area contributed by atoms with Crippen molar-refractivity contribution in [3.63, 3.8) is 0 Å². The second-order valence-corrected chi connectivity index (χ2v) is 7.92. The molecular formula is C14H22N2O3S. The number of fused-ring (bicyclic) bond motifs is 1. The van der Waals surface area contributed by atoms with E-state index in [-0.39, 0.29) is 22.7 Å². The van der Waals surface area contributed by atoms with Crippen LogP contribution in [0.5, 0.6) is 0 Å². The molecule has 2 heterocycles. The summed E-state index contributed by atoms with van der Waals surface area (Å²) < 4.78 is 0. The van der Waals surface area contributed by atoms with E-state index in [1.807, 2.05) is 6.92 Å². The Bertz CT molecular complexity index is 436. The van der Waals surface area contributed by atoms with Crippen molar-refractivity contribution < 1.29 is 14.7 Å². The maximum absolute atomic E-state index is 12.3. The minimum Gasteiger partial charge on any atom is -0.388 e. The van der Waals surface area contributed by atoms with E-state index in [1.165, 1.54) is 0 Å². The molecule has 3 aliphatic rings. The Balaban J connectivity index is 1.62. The fourth-order valence-corrected chi connectivity index (χ4v) is 5.03. The molecule has 2 atom stereocenters. The van der Waals surface area contributed by atoms with Gasteiger partial charge in [-0.05, 0) is 26.2 Å². The molecule has 0 radical (unpaired) electrons. The van der Waals surface area contributed by atoms with E-state index in [0.717, 1.165) is 32.1 Å². The molecule has 2 unspecified atom stereocenters. The zero-order chi connectivity index (χ0) is 14.4. The summed E-state index contributed by atoms with van der Waals surface area (Å²) >= 11 is 1.69. The molecule has 0 aromatic heterocycles. The van der Waals surface area contributed by atoms with Crippen molar-refractivity contribution in [3.05, 3.63) is 0 Å². The van der Waals surface area contributed by atoms with Crippen LogP contribution in [0.15, 0.2) is 0 Å². The maximum atomic E-state index is 12.3. The quantitative estimate of drug-likeness (QED) is 0.811. The van der Waals surface area contributed by atoms with Crippen LogP contribution in [-0.2, 0) is 9.59 Å². The van der Waals surface area contributed by atoms with Gasteiger partial charge in [0.2, 0.25) is 11.8 Å². The normalized spacial score (nSPS) is 35.4. The number of hydrogen-bond acceptors (Lipinski definition) is 4. The number of rotatable bonds is 3. The first-order valence-electron chi connectivity index (χ1n) is 7.40. The lowest BCUT2D eigenvalue weighted by molar-refractivity contribution is -0.138. The van der Waals surface area contributed by atoms with Gasteiger partial charge in [-0.1, -0.05) is 12.8 Å². The van der Waals surface area contributed by atoms with Crippen LogP contribution < -0.4 is 5.32 Å². The third-order valence-corrected chi connectivity index (χ3v) is 6.38. The maximum Gasteiger partial charge on any atom is 0.243 e. The molecule has 0 spiro atoms. The third-order valence-electron chi connectivity index (χ3n) is 4.87. The molecule has 0 aromatic carbocycles. The highest BCUT2D eigenvalue weighted by Crippen LogP contribution is 2.47. The van der Waals surface area contributed by atoms with Crippen molar-refractivity contribution in [1.82, 2.24) is 10.2 Å². The number of amides is 2. The van der Waals surface area contributed by atoms with Crippen LogP contribution in [0, 0.1) is 0 Å². The Labute approximate surface area is 123 Å². The number of carbonyl (C=O) groups is 2. The minimum atomic E-state index is -0.736. The molecule has 0 aromatic rings. The van der Waals surface area contributed by atoms with Crippen LogP contribution in [0.4, 0.5) is 0 Å². The van der Waals surface area contributed by atoms with Crippen molar-refractivity contribution in [2.24, 2.45) is 0 Å². The fraction of sp³-hybridized carbons (Fsp3) is 0.857. The van der Waals surface area contributed by atoms with Crippen molar-refractivity contribution in [1.29, 1.82) is 0 Å². The zero-order valence-corrected chi connectivity index (χ0v) is 12.7. The van der Waals surface area contributed by atoms with Gasteiger partial charge in [-0.3, -0.25) is 9.59 Å². The first-order valence-corrected chi connectivity index (χ1v) is 8.38. The molecule has 2 aliphatic heterocycles. The average molecular weight is 298 g/mol. The molecule has 112 valence electrons. The van der Waals surface area contributed by atoms with Crippen LogP contribution in [0.2, 0.25) is 0 Å². The summed E-state index contributed by atoms with van der Waals surface area (Å²) in [7, 11) is 0. The Morgan fingerprint density at radius 1 is 1.45 bits per heavy atom. The minimum absolute atomic E-state index is 0.0808. The topological polar surface area (TPSA) is 69.6 Å². The third kappa shape index (κ3) is 2.33. The molecule has 1 saturated carbocycles. The first kappa shape index (κ1) is 14.2. The zero-order valence-electron chi connectivity index (χ0n) is 11.9. The number of nitrogens with zero attached hydrogens (tertiary/aromatic N) is 1. The van der Waals surface area contributed by atoms with Crippen LogP contribution in [0.3, 0.4) is 0 Å². The Morgan fingerprint density at radius 2 is 2.15 bits per heavy atom. The fourth-order valence-electron chi connectivity index (χ4n) is 3.59. The van der Waals surface area contributed by atoms with Gasteiger partial charge in [0.15, 0.2) is 0 Å². The lowest BCUT2D eigenvalue weighted by Gasteiger charge is -2.30. The van der Waals surface area contributed by atoms with Gasteiger partial charge >= 0.3 is 0 Å². The van der Waals surface area contributed by atoms with Gasteiger partial charge in [-0.15, -0.1) is 11.8 Å². The van der Waals surface area contributed by atoms with Crippen molar-refractivity contribution in [2.45, 2.75) is 62.0 Å². The Hall–Kier alpha value is -0.750. The van der Waals surface area contributed by atoms with Crippen LogP contribution in [0.1, 0.15) is 45.4 Å². The summed E-state index contributed by atoms with van der Waals surface area (Å²) in [5.74, 6) is 0.626. The van der Waals surface area contributed by atoms with Crippen molar-refractivity contribution in [3.8, 4) is 0 Å². The van der Waals surface area contributed by atoms with Crippen molar-refractivity contribution in [2.75, 3.05) is 12.3 Å². The molecular weight excluding hydrogens is 276 g/mol. The molecule has 20 heavy (non-hydrogen) atoms. The smallest absolute Gasteiger partial charge is 0.243 e. The highest BCUT2D eigenvalue weighted by molar-refractivity contribution is 8.01. The lowest BCUT2D eigenvalue weighted by atomic mass is 10.0. The lowest BCUT2D eigenvalue weighted by Crippen LogP contribution is -2.52. The van der Waals surface area contributed by atoms with Gasteiger partial charge < -0.3 is 15.3 Å². The van der Waals surface area contributed by atoms with Crippen LogP contribution in [-0.4, -0.2) is 50.6 Å². The molecule has 5 nitrogen and oxygen atoms in total. The van der Waals surface area contributed by atoms with E-state index in [0.29, 0.717) is 18.7 Å². The number of aliphatic hydroxyl groups is 1. The highest BCUT2D eigenvalue weighted by atomic mass is 32.2. The molecule has 2 saturated heterocycles. The SMILES string of the molecule is CC12CCC(=O)N1C(C(=O)NCC1(O)CCCC1)CS2. The average Bonchev–Trinajstić information content (AvgIpc) is 3.05. The van der Waals surface area contributed by atoms with Gasteiger partial charge in [0, 0.05) is 18.7 Å². The summed E-state index contributed by atoms with van der Waals surface area (Å²) in [6, 6.07) is -0.370. The second-order valence-electron chi connectivity index (χ2n) is 6.41. The predicted octanol–water partition coefficient (Wildman–Crippen LogP) is 0.862. The van der Waals surface area contributed by atoms with Crippen molar-refractivity contribution >= 4 is 23.6 Å². The Morgan fingerprint density at radius 3 is 2.85 bits per heavy atom. The van der Waals surface area contributed by atoms with Gasteiger partial charge in [0.05, 0.1) is 10.5 Å². The molecule has 1 aliphatic carbocycles. The summed E-state index contributed by atoms with van der Waals surface area (Å²) in [5.41, 5.74) is -0.736. The number of hydrogen-bond donors (Lipinski definition) is 2. The van der Waals surface area contributed by atoms with Gasteiger partial charge in [-0.2, -0.15) is 0 Å². The molecule has 0 bridgehead atoms. The number of thioether (sulfide) groups is 1. The van der Waals surface area contributed by atoms with E-state index < -0.39 is 5.60 Å². The standard InChI is InChI=1S/C14H22N2O3S/c1-13-7-4-11(17)16(13)10(8-20-13)12(18)15-9-14(19)5-2-3-6-14/h10,19H,2-9H2,1H3,(H,15,18). The van der Waals surface area contributed by atoms with E-state index in [2.05, 4.69) is 5.32 Å². The second kappa shape index (κ2) is 4.91. The predicted molar refractivity (Wildman–Crippen MR) is 77.2 cm³/mol. The van der Waals surface area contributed by atoms with Crippen LogP contribution >= 0.6 is 11.8 Å². The van der Waals surface area contributed by atoms with E-state index in [9.17, 15) is 14.7 Å². The summed E-state index contributed by atoms with van der Waals surface area (Å²) in [6.45, 7) is 2.35. The number of nitrogens with one attached hydrogen (secondary N) is 1.